The third kappa shape index (κ3) is 4.69. The van der Waals surface area contributed by atoms with Gasteiger partial charge in [0, 0.05) is 30.8 Å². The maximum atomic E-state index is 12.0. The molecule has 20 heavy (non-hydrogen) atoms. The number of anilines is 1. The lowest BCUT2D eigenvalue weighted by molar-refractivity contribution is 0.192. The van der Waals surface area contributed by atoms with Crippen LogP contribution in [0.4, 0.5) is 10.5 Å². The molecule has 1 N–H and O–H groups in total. The summed E-state index contributed by atoms with van der Waals surface area (Å²) >= 11 is 5.90. The average Bonchev–Trinajstić information content (AvgIpc) is 2.46. The average molecular weight is 296 g/mol. The highest BCUT2D eigenvalue weighted by Gasteiger charge is 2.13. The van der Waals surface area contributed by atoms with Crippen LogP contribution in [0, 0.1) is 0 Å². The molecular weight excluding hydrogens is 274 g/mol. The molecule has 1 aliphatic heterocycles. The number of hydrogen-bond donors (Lipinski definition) is 1. The molecule has 0 unspecified atom stereocenters. The molecule has 0 radical (unpaired) electrons. The van der Waals surface area contributed by atoms with Crippen molar-refractivity contribution in [2.24, 2.45) is 0 Å². The summed E-state index contributed by atoms with van der Waals surface area (Å²) in [6.45, 7) is 4.00. The van der Waals surface area contributed by atoms with E-state index in [0.717, 1.165) is 31.9 Å². The molecule has 0 aromatic heterocycles. The Balaban J connectivity index is 1.76. The zero-order chi connectivity index (χ0) is 14.4. The van der Waals surface area contributed by atoms with Gasteiger partial charge in [-0.2, -0.15) is 0 Å². The Morgan fingerprint density at radius 2 is 2.10 bits per heavy atom. The number of nitrogens with zero attached hydrogens (tertiary/aromatic N) is 2. The summed E-state index contributed by atoms with van der Waals surface area (Å²) in [4.78, 5) is 16.2. The number of rotatable bonds is 4. The molecule has 1 saturated heterocycles. The predicted octanol–water partition coefficient (Wildman–Crippen LogP) is 3.29. The van der Waals surface area contributed by atoms with Gasteiger partial charge in [-0.15, -0.1) is 0 Å². The van der Waals surface area contributed by atoms with Crippen LogP contribution in [0.15, 0.2) is 24.3 Å². The first-order chi connectivity index (χ1) is 9.65. The minimum absolute atomic E-state index is 0.0933. The van der Waals surface area contributed by atoms with Crippen LogP contribution in [-0.4, -0.2) is 49.1 Å². The van der Waals surface area contributed by atoms with Gasteiger partial charge in [-0.3, -0.25) is 0 Å². The van der Waals surface area contributed by atoms with Gasteiger partial charge in [0.2, 0.25) is 0 Å². The standard InChI is InChI=1S/C15H22ClN3O/c1-18(10-11-19-8-3-2-4-9-19)15(20)17-14-7-5-6-13(16)12-14/h5-7,12H,2-4,8-11H2,1H3,(H,17,20). The molecule has 1 heterocycles. The van der Waals surface area contributed by atoms with E-state index in [-0.39, 0.29) is 6.03 Å². The number of urea groups is 1. The number of hydrogen-bond acceptors (Lipinski definition) is 2. The van der Waals surface area contributed by atoms with Crippen LogP contribution < -0.4 is 5.32 Å². The fraction of sp³-hybridized carbons (Fsp3) is 0.533. The molecule has 0 aliphatic carbocycles. The lowest BCUT2D eigenvalue weighted by Gasteiger charge is -2.28. The van der Waals surface area contributed by atoms with E-state index in [0.29, 0.717) is 5.02 Å². The summed E-state index contributed by atoms with van der Waals surface area (Å²) < 4.78 is 0. The van der Waals surface area contributed by atoms with Gasteiger partial charge in [0.25, 0.3) is 0 Å². The van der Waals surface area contributed by atoms with Gasteiger partial charge < -0.3 is 15.1 Å². The second-order valence-corrected chi connectivity index (χ2v) is 5.70. The van der Waals surface area contributed by atoms with E-state index in [1.54, 1.807) is 17.0 Å². The van der Waals surface area contributed by atoms with Crippen LogP contribution in [0.5, 0.6) is 0 Å². The van der Waals surface area contributed by atoms with Crippen LogP contribution >= 0.6 is 11.6 Å². The zero-order valence-electron chi connectivity index (χ0n) is 11.9. The molecular formula is C15H22ClN3O. The number of carbonyl (C=O) groups is 1. The summed E-state index contributed by atoms with van der Waals surface area (Å²) in [5.74, 6) is 0. The van der Waals surface area contributed by atoms with Gasteiger partial charge in [-0.05, 0) is 44.1 Å². The number of likely N-dealkylation sites (N-methyl/N-ethyl adjacent to an activating group) is 1. The molecule has 0 saturated carbocycles. The van der Waals surface area contributed by atoms with Crippen LogP contribution in [0.2, 0.25) is 5.02 Å². The van der Waals surface area contributed by atoms with Crippen LogP contribution in [-0.2, 0) is 0 Å². The molecule has 1 aromatic rings. The number of carbonyl (C=O) groups excluding carboxylic acids is 1. The molecule has 4 nitrogen and oxygen atoms in total. The number of piperidine rings is 1. The van der Waals surface area contributed by atoms with E-state index >= 15 is 0 Å². The highest BCUT2D eigenvalue weighted by atomic mass is 35.5. The van der Waals surface area contributed by atoms with Gasteiger partial charge in [-0.25, -0.2) is 4.79 Å². The largest absolute Gasteiger partial charge is 0.326 e. The number of halogens is 1. The predicted molar refractivity (Wildman–Crippen MR) is 83.4 cm³/mol. The highest BCUT2D eigenvalue weighted by Crippen LogP contribution is 2.15. The van der Waals surface area contributed by atoms with E-state index < -0.39 is 0 Å². The van der Waals surface area contributed by atoms with Gasteiger partial charge in [0.15, 0.2) is 0 Å². The molecule has 5 heteroatoms. The summed E-state index contributed by atoms with van der Waals surface area (Å²) in [6.07, 6.45) is 3.89. The van der Waals surface area contributed by atoms with E-state index in [2.05, 4.69) is 10.2 Å². The quantitative estimate of drug-likeness (QED) is 0.925. The lowest BCUT2D eigenvalue weighted by Crippen LogP contribution is -2.40. The zero-order valence-corrected chi connectivity index (χ0v) is 12.7. The molecule has 1 fully saturated rings. The maximum absolute atomic E-state index is 12.0. The molecule has 1 aromatic carbocycles. The molecule has 1 aliphatic rings. The SMILES string of the molecule is CN(CCN1CCCCC1)C(=O)Nc1cccc(Cl)c1. The Hall–Kier alpha value is -1.26. The fourth-order valence-corrected chi connectivity index (χ4v) is 2.55. The Kier molecular flexibility index (Phi) is 5.68. The molecule has 0 bridgehead atoms. The summed E-state index contributed by atoms with van der Waals surface area (Å²) in [7, 11) is 1.82. The molecule has 2 amide bonds. The maximum Gasteiger partial charge on any atom is 0.321 e. The topological polar surface area (TPSA) is 35.6 Å². The summed E-state index contributed by atoms with van der Waals surface area (Å²) in [6, 6.07) is 7.10. The monoisotopic (exact) mass is 295 g/mol. The van der Waals surface area contributed by atoms with Crippen LogP contribution in [0.25, 0.3) is 0 Å². The molecule has 2 rings (SSSR count). The number of likely N-dealkylation sites (tertiary alicyclic amines) is 1. The third-order valence-electron chi connectivity index (χ3n) is 3.62. The van der Waals surface area contributed by atoms with E-state index in [4.69, 9.17) is 11.6 Å². The van der Waals surface area contributed by atoms with Gasteiger partial charge >= 0.3 is 6.03 Å². The van der Waals surface area contributed by atoms with Gasteiger partial charge in [-0.1, -0.05) is 24.1 Å². The Morgan fingerprint density at radius 1 is 1.35 bits per heavy atom. The van der Waals surface area contributed by atoms with E-state index in [9.17, 15) is 4.79 Å². The van der Waals surface area contributed by atoms with Crippen LogP contribution in [0.1, 0.15) is 19.3 Å². The fourth-order valence-electron chi connectivity index (χ4n) is 2.36. The van der Waals surface area contributed by atoms with Crippen molar-refractivity contribution >= 4 is 23.3 Å². The van der Waals surface area contributed by atoms with Crippen molar-refractivity contribution in [3.05, 3.63) is 29.3 Å². The summed E-state index contributed by atoms with van der Waals surface area (Å²) in [5.41, 5.74) is 0.729. The van der Waals surface area contributed by atoms with Crippen molar-refractivity contribution in [1.82, 2.24) is 9.80 Å². The molecule has 0 atom stereocenters. The minimum atomic E-state index is -0.0933. The number of benzene rings is 1. The molecule has 0 spiro atoms. The summed E-state index contributed by atoms with van der Waals surface area (Å²) in [5, 5.41) is 3.48. The smallest absolute Gasteiger partial charge is 0.321 e. The normalized spacial score (nSPS) is 15.9. The third-order valence-corrected chi connectivity index (χ3v) is 3.86. The van der Waals surface area contributed by atoms with Gasteiger partial charge in [0.1, 0.15) is 0 Å². The Bertz CT molecular complexity index is 446. The Labute approximate surface area is 125 Å². The highest BCUT2D eigenvalue weighted by molar-refractivity contribution is 6.30. The minimum Gasteiger partial charge on any atom is -0.326 e. The number of nitrogens with one attached hydrogen (secondary N) is 1. The second-order valence-electron chi connectivity index (χ2n) is 5.26. The second kappa shape index (κ2) is 7.50. The van der Waals surface area contributed by atoms with Crippen molar-refractivity contribution in [2.75, 3.05) is 38.5 Å². The first-order valence-corrected chi connectivity index (χ1v) is 7.53. The molecule has 110 valence electrons. The van der Waals surface area contributed by atoms with Crippen molar-refractivity contribution in [3.8, 4) is 0 Å². The lowest BCUT2D eigenvalue weighted by atomic mass is 10.1. The van der Waals surface area contributed by atoms with Crippen molar-refractivity contribution in [2.45, 2.75) is 19.3 Å². The van der Waals surface area contributed by atoms with Crippen molar-refractivity contribution < 1.29 is 4.79 Å². The first kappa shape index (κ1) is 15.1. The first-order valence-electron chi connectivity index (χ1n) is 7.15. The van der Waals surface area contributed by atoms with E-state index in [1.807, 2.05) is 19.2 Å². The van der Waals surface area contributed by atoms with Crippen LogP contribution in [0.3, 0.4) is 0 Å². The Morgan fingerprint density at radius 3 is 2.80 bits per heavy atom. The van der Waals surface area contributed by atoms with Crippen molar-refractivity contribution in [1.29, 1.82) is 0 Å². The van der Waals surface area contributed by atoms with Crippen molar-refractivity contribution in [3.63, 3.8) is 0 Å². The number of amides is 2. The van der Waals surface area contributed by atoms with Gasteiger partial charge in [0.05, 0.1) is 0 Å². The van der Waals surface area contributed by atoms with E-state index in [1.165, 1.54) is 19.3 Å².